The number of aryl methyl sites for hydroxylation is 1. The van der Waals surface area contributed by atoms with Crippen molar-refractivity contribution in [1.29, 1.82) is 0 Å². The van der Waals surface area contributed by atoms with Gasteiger partial charge in [-0.15, -0.1) is 5.10 Å². The summed E-state index contributed by atoms with van der Waals surface area (Å²) in [6.45, 7) is 3.37. The van der Waals surface area contributed by atoms with Crippen molar-refractivity contribution in [1.82, 2.24) is 14.5 Å². The lowest BCUT2D eigenvalue weighted by atomic mass is 10.1. The first-order valence-corrected chi connectivity index (χ1v) is 11.2. The van der Waals surface area contributed by atoms with E-state index >= 15 is 0 Å². The Morgan fingerprint density at radius 1 is 1.03 bits per heavy atom. The van der Waals surface area contributed by atoms with E-state index in [1.807, 2.05) is 31.2 Å². The van der Waals surface area contributed by atoms with Crippen LogP contribution in [-0.2, 0) is 21.2 Å². The van der Waals surface area contributed by atoms with Crippen molar-refractivity contribution in [2.24, 2.45) is 0 Å². The zero-order valence-corrected chi connectivity index (χ0v) is 17.8. The average Bonchev–Trinajstić information content (AvgIpc) is 3.22. The maximum Gasteiger partial charge on any atom is 0.322 e. The summed E-state index contributed by atoms with van der Waals surface area (Å²) in [5, 5.41) is 10.3. The molecule has 0 radical (unpaired) electrons. The molecule has 2 aromatic carbocycles. The summed E-state index contributed by atoms with van der Waals surface area (Å²) in [5.74, 6) is -0.0908. The van der Waals surface area contributed by atoms with Gasteiger partial charge in [-0.2, -0.15) is 4.31 Å². The number of carbonyl (C=O) groups is 1. The SMILES string of the molecule is Cc1ccc(Cc2nnc(NC(=O)c3ccc(S(=O)(=O)N4CCOCC4)cc3)o2)cc1. The number of aromatic nitrogens is 2. The maximum atomic E-state index is 12.7. The lowest BCUT2D eigenvalue weighted by molar-refractivity contribution is 0.0730. The molecule has 0 bridgehead atoms. The Kier molecular flexibility index (Phi) is 6.12. The van der Waals surface area contributed by atoms with Gasteiger partial charge in [-0.25, -0.2) is 8.42 Å². The molecule has 2 heterocycles. The zero-order valence-electron chi connectivity index (χ0n) is 16.9. The third-order valence-electron chi connectivity index (χ3n) is 4.89. The van der Waals surface area contributed by atoms with Crippen molar-refractivity contribution in [2.75, 3.05) is 31.6 Å². The van der Waals surface area contributed by atoms with E-state index in [-0.39, 0.29) is 16.5 Å². The Morgan fingerprint density at radius 2 is 1.71 bits per heavy atom. The lowest BCUT2D eigenvalue weighted by Crippen LogP contribution is -2.40. The standard InChI is InChI=1S/C21H22N4O5S/c1-15-2-4-16(5-3-15)14-19-23-24-21(30-19)22-20(26)17-6-8-18(9-7-17)31(27,28)25-10-12-29-13-11-25/h2-9H,10-14H2,1H3,(H,22,24,26). The molecule has 0 saturated carbocycles. The topological polar surface area (TPSA) is 115 Å². The molecule has 0 aliphatic carbocycles. The van der Waals surface area contributed by atoms with Gasteiger partial charge in [-0.3, -0.25) is 10.1 Å². The molecule has 1 amide bonds. The van der Waals surface area contributed by atoms with E-state index < -0.39 is 15.9 Å². The third-order valence-corrected chi connectivity index (χ3v) is 6.80. The number of anilines is 1. The number of carbonyl (C=O) groups excluding carboxylic acids is 1. The molecule has 162 valence electrons. The second-order valence-corrected chi connectivity index (χ2v) is 9.10. The predicted molar refractivity (Wildman–Crippen MR) is 112 cm³/mol. The molecule has 4 rings (SSSR count). The Hall–Kier alpha value is -3.08. The monoisotopic (exact) mass is 442 g/mol. The van der Waals surface area contributed by atoms with Crippen molar-refractivity contribution in [2.45, 2.75) is 18.2 Å². The van der Waals surface area contributed by atoms with Crippen molar-refractivity contribution < 1.29 is 22.4 Å². The van der Waals surface area contributed by atoms with E-state index in [1.165, 1.54) is 28.6 Å². The van der Waals surface area contributed by atoms with Crippen LogP contribution in [0.2, 0.25) is 0 Å². The number of benzene rings is 2. The van der Waals surface area contributed by atoms with Gasteiger partial charge in [0.2, 0.25) is 15.9 Å². The van der Waals surface area contributed by atoms with Gasteiger partial charge in [0.25, 0.3) is 5.91 Å². The first-order chi connectivity index (χ1) is 14.9. The fourth-order valence-electron chi connectivity index (χ4n) is 3.14. The molecule has 9 nitrogen and oxygen atoms in total. The summed E-state index contributed by atoms with van der Waals surface area (Å²) >= 11 is 0. The highest BCUT2D eigenvalue weighted by molar-refractivity contribution is 7.89. The minimum atomic E-state index is -3.61. The van der Waals surface area contributed by atoms with Gasteiger partial charge >= 0.3 is 6.01 Å². The van der Waals surface area contributed by atoms with Crippen molar-refractivity contribution in [3.05, 3.63) is 71.1 Å². The highest BCUT2D eigenvalue weighted by atomic mass is 32.2. The van der Waals surface area contributed by atoms with Crippen molar-refractivity contribution in [3.63, 3.8) is 0 Å². The summed E-state index contributed by atoms with van der Waals surface area (Å²) in [6.07, 6.45) is 0.456. The van der Waals surface area contributed by atoms with Crippen LogP contribution in [0.4, 0.5) is 6.01 Å². The molecular weight excluding hydrogens is 420 g/mol. The van der Waals surface area contributed by atoms with Crippen LogP contribution in [0.3, 0.4) is 0 Å². The molecule has 3 aromatic rings. The molecule has 1 saturated heterocycles. The number of hydrogen-bond acceptors (Lipinski definition) is 7. The van der Waals surface area contributed by atoms with E-state index in [4.69, 9.17) is 9.15 Å². The van der Waals surface area contributed by atoms with Gasteiger partial charge in [0.1, 0.15) is 0 Å². The highest BCUT2D eigenvalue weighted by Crippen LogP contribution is 2.19. The predicted octanol–water partition coefficient (Wildman–Crippen LogP) is 2.24. The van der Waals surface area contributed by atoms with E-state index in [9.17, 15) is 13.2 Å². The average molecular weight is 442 g/mol. The van der Waals surface area contributed by atoms with Gasteiger partial charge in [-0.1, -0.05) is 34.9 Å². The number of nitrogens with zero attached hydrogens (tertiary/aromatic N) is 3. The van der Waals surface area contributed by atoms with Crippen molar-refractivity contribution in [3.8, 4) is 0 Å². The number of nitrogens with one attached hydrogen (secondary N) is 1. The minimum absolute atomic E-state index is 0.0165. The molecule has 1 aliphatic rings. The minimum Gasteiger partial charge on any atom is -0.407 e. The normalized spacial score (nSPS) is 15.0. The lowest BCUT2D eigenvalue weighted by Gasteiger charge is -2.26. The van der Waals surface area contributed by atoms with Crippen LogP contribution >= 0.6 is 0 Å². The van der Waals surface area contributed by atoms with E-state index in [1.54, 1.807) is 0 Å². The Labute approximate surface area is 180 Å². The van der Waals surface area contributed by atoms with Gasteiger partial charge in [0, 0.05) is 18.7 Å². The maximum absolute atomic E-state index is 12.7. The van der Waals surface area contributed by atoms with Gasteiger partial charge in [0.15, 0.2) is 0 Å². The van der Waals surface area contributed by atoms with Crippen LogP contribution in [0.1, 0.15) is 27.4 Å². The fraction of sp³-hybridized carbons (Fsp3) is 0.286. The van der Waals surface area contributed by atoms with Crippen LogP contribution in [0.15, 0.2) is 57.8 Å². The van der Waals surface area contributed by atoms with Crippen LogP contribution in [0.5, 0.6) is 0 Å². The summed E-state index contributed by atoms with van der Waals surface area (Å²) in [5.41, 5.74) is 2.45. The Bertz CT molecular complexity index is 1150. The molecule has 1 fully saturated rings. The summed E-state index contributed by atoms with van der Waals surface area (Å²) < 4.78 is 37.4. The Morgan fingerprint density at radius 3 is 2.39 bits per heavy atom. The smallest absolute Gasteiger partial charge is 0.322 e. The number of morpholine rings is 1. The van der Waals surface area contributed by atoms with E-state index in [0.717, 1.165) is 11.1 Å². The third kappa shape index (κ3) is 4.98. The molecule has 10 heteroatoms. The number of ether oxygens (including phenoxy) is 1. The Balaban J connectivity index is 1.40. The first kappa shape index (κ1) is 21.2. The first-order valence-electron chi connectivity index (χ1n) is 9.79. The van der Waals surface area contributed by atoms with Gasteiger partial charge < -0.3 is 9.15 Å². The summed E-state index contributed by atoms with van der Waals surface area (Å²) in [4.78, 5) is 12.6. The van der Waals surface area contributed by atoms with Crippen LogP contribution in [0.25, 0.3) is 0 Å². The largest absolute Gasteiger partial charge is 0.407 e. The number of rotatable bonds is 6. The van der Waals surface area contributed by atoms with Crippen LogP contribution in [0, 0.1) is 6.92 Å². The number of sulfonamides is 1. The molecular formula is C21H22N4O5S. The van der Waals surface area contributed by atoms with Crippen LogP contribution in [-0.4, -0.2) is 55.1 Å². The molecule has 0 atom stereocenters. The summed E-state index contributed by atoms with van der Waals surface area (Å²) in [7, 11) is -3.61. The quantitative estimate of drug-likeness (QED) is 0.623. The fourth-order valence-corrected chi connectivity index (χ4v) is 4.55. The zero-order chi connectivity index (χ0) is 21.8. The second kappa shape index (κ2) is 8.96. The van der Waals surface area contributed by atoms with Crippen molar-refractivity contribution >= 4 is 21.9 Å². The molecule has 0 spiro atoms. The van der Waals surface area contributed by atoms with E-state index in [2.05, 4.69) is 15.5 Å². The van der Waals surface area contributed by atoms with Crippen LogP contribution < -0.4 is 5.32 Å². The summed E-state index contributed by atoms with van der Waals surface area (Å²) in [6, 6.07) is 13.7. The second-order valence-electron chi connectivity index (χ2n) is 7.16. The number of amides is 1. The van der Waals surface area contributed by atoms with Gasteiger partial charge in [0.05, 0.1) is 24.5 Å². The molecule has 0 unspecified atom stereocenters. The van der Waals surface area contributed by atoms with E-state index in [0.29, 0.717) is 38.6 Å². The molecule has 1 N–H and O–H groups in total. The van der Waals surface area contributed by atoms with Gasteiger partial charge in [-0.05, 0) is 36.8 Å². The number of hydrogen-bond donors (Lipinski definition) is 1. The molecule has 31 heavy (non-hydrogen) atoms. The highest BCUT2D eigenvalue weighted by Gasteiger charge is 2.26. The molecule has 1 aromatic heterocycles. The molecule has 1 aliphatic heterocycles.